The molecule has 1 unspecified atom stereocenters. The van der Waals surface area contributed by atoms with Gasteiger partial charge in [0.05, 0.1) is 12.1 Å². The summed E-state index contributed by atoms with van der Waals surface area (Å²) in [5.74, 6) is -0.0581. The molecule has 21 heavy (non-hydrogen) atoms. The van der Waals surface area contributed by atoms with Crippen LogP contribution in [0.4, 0.5) is 0 Å². The second-order valence-corrected chi connectivity index (χ2v) is 5.46. The highest BCUT2D eigenvalue weighted by Gasteiger charge is 2.34. The lowest BCUT2D eigenvalue weighted by Gasteiger charge is -2.39. The molecule has 0 spiro atoms. The Kier molecular flexibility index (Phi) is 4.76. The van der Waals surface area contributed by atoms with Crippen molar-refractivity contribution in [1.82, 2.24) is 4.90 Å². The standard InChI is InChI=1S/C18H22N2O/c1-18(20(2)17(21)14-19,16-11-7-4-8-12-16)13-15-9-5-3-6-10-15/h3-12H,13-14,19H2,1-2H3. The number of rotatable bonds is 5. The average molecular weight is 282 g/mol. The molecule has 3 nitrogen and oxygen atoms in total. The molecule has 0 bridgehead atoms. The molecule has 0 heterocycles. The van der Waals surface area contributed by atoms with Crippen LogP contribution in [-0.2, 0) is 16.8 Å². The third-order valence-corrected chi connectivity index (χ3v) is 4.08. The normalized spacial score (nSPS) is 13.5. The van der Waals surface area contributed by atoms with E-state index in [0.29, 0.717) is 0 Å². The fraction of sp³-hybridized carbons (Fsp3) is 0.278. The Morgan fingerprint density at radius 3 is 2.10 bits per heavy atom. The molecule has 0 saturated heterocycles. The Morgan fingerprint density at radius 2 is 1.57 bits per heavy atom. The fourth-order valence-corrected chi connectivity index (χ4v) is 2.62. The third-order valence-electron chi connectivity index (χ3n) is 4.08. The summed E-state index contributed by atoms with van der Waals surface area (Å²) >= 11 is 0. The number of nitrogens with zero attached hydrogens (tertiary/aromatic N) is 1. The minimum absolute atomic E-state index is 0.0215. The monoisotopic (exact) mass is 282 g/mol. The summed E-state index contributed by atoms with van der Waals surface area (Å²) in [4.78, 5) is 13.9. The molecule has 2 aromatic rings. The van der Waals surface area contributed by atoms with Gasteiger partial charge in [0.25, 0.3) is 0 Å². The summed E-state index contributed by atoms with van der Waals surface area (Å²) in [6.07, 6.45) is 0.750. The molecule has 0 aliphatic rings. The van der Waals surface area contributed by atoms with Crippen molar-refractivity contribution in [2.75, 3.05) is 13.6 Å². The lowest BCUT2D eigenvalue weighted by molar-refractivity contribution is -0.134. The second kappa shape index (κ2) is 6.55. The summed E-state index contributed by atoms with van der Waals surface area (Å²) in [6, 6.07) is 20.3. The lowest BCUT2D eigenvalue weighted by atomic mass is 9.84. The summed E-state index contributed by atoms with van der Waals surface area (Å²) in [5.41, 5.74) is 7.44. The average Bonchev–Trinajstić information content (AvgIpc) is 2.55. The van der Waals surface area contributed by atoms with Gasteiger partial charge in [0.15, 0.2) is 0 Å². The first-order chi connectivity index (χ1) is 10.1. The van der Waals surface area contributed by atoms with Crippen LogP contribution in [0.1, 0.15) is 18.1 Å². The van der Waals surface area contributed by atoms with Crippen LogP contribution < -0.4 is 5.73 Å². The van der Waals surface area contributed by atoms with Gasteiger partial charge in [0.1, 0.15) is 0 Å². The Hall–Kier alpha value is -2.13. The molecular weight excluding hydrogens is 260 g/mol. The van der Waals surface area contributed by atoms with Gasteiger partial charge in [0.2, 0.25) is 5.91 Å². The van der Waals surface area contributed by atoms with E-state index >= 15 is 0 Å². The van der Waals surface area contributed by atoms with E-state index in [1.54, 1.807) is 4.90 Å². The lowest BCUT2D eigenvalue weighted by Crippen LogP contribution is -2.48. The Bertz CT molecular complexity index is 583. The van der Waals surface area contributed by atoms with Gasteiger partial charge in [-0.05, 0) is 24.5 Å². The van der Waals surface area contributed by atoms with Gasteiger partial charge in [0, 0.05) is 7.05 Å². The van der Waals surface area contributed by atoms with Crippen LogP contribution in [0.25, 0.3) is 0 Å². The Morgan fingerprint density at radius 1 is 1.05 bits per heavy atom. The highest BCUT2D eigenvalue weighted by molar-refractivity contribution is 5.78. The summed E-state index contributed by atoms with van der Waals surface area (Å²) < 4.78 is 0. The van der Waals surface area contributed by atoms with Gasteiger partial charge in [-0.15, -0.1) is 0 Å². The summed E-state index contributed by atoms with van der Waals surface area (Å²) in [5, 5.41) is 0. The number of carbonyl (C=O) groups is 1. The zero-order valence-corrected chi connectivity index (χ0v) is 12.6. The molecule has 0 aliphatic carbocycles. The first-order valence-electron chi connectivity index (χ1n) is 7.14. The number of hydrogen-bond donors (Lipinski definition) is 1. The van der Waals surface area contributed by atoms with Crippen molar-refractivity contribution in [1.29, 1.82) is 0 Å². The highest BCUT2D eigenvalue weighted by Crippen LogP contribution is 2.31. The van der Waals surface area contributed by atoms with E-state index in [1.165, 1.54) is 5.56 Å². The first kappa shape index (κ1) is 15.3. The van der Waals surface area contributed by atoms with Gasteiger partial charge in [-0.25, -0.2) is 0 Å². The van der Waals surface area contributed by atoms with Gasteiger partial charge in [-0.3, -0.25) is 4.79 Å². The van der Waals surface area contributed by atoms with Crippen LogP contribution in [0, 0.1) is 0 Å². The Labute approximate surface area is 126 Å². The quantitative estimate of drug-likeness (QED) is 0.916. The molecule has 0 fully saturated rings. The SMILES string of the molecule is CN(C(=O)CN)C(C)(Cc1ccccc1)c1ccccc1. The molecular formula is C18H22N2O. The highest BCUT2D eigenvalue weighted by atomic mass is 16.2. The first-order valence-corrected chi connectivity index (χ1v) is 7.14. The second-order valence-electron chi connectivity index (χ2n) is 5.46. The van der Waals surface area contributed by atoms with Crippen molar-refractivity contribution < 1.29 is 4.79 Å². The molecule has 1 atom stereocenters. The van der Waals surface area contributed by atoms with Crippen molar-refractivity contribution in [2.45, 2.75) is 18.9 Å². The topological polar surface area (TPSA) is 46.3 Å². The molecule has 110 valence electrons. The van der Waals surface area contributed by atoms with E-state index in [-0.39, 0.29) is 12.5 Å². The number of carbonyl (C=O) groups excluding carboxylic acids is 1. The van der Waals surface area contributed by atoms with Crippen molar-refractivity contribution in [3.05, 3.63) is 71.8 Å². The predicted octanol–water partition coefficient (Wildman–Crippen LogP) is 2.56. The molecule has 0 saturated carbocycles. The minimum Gasteiger partial charge on any atom is -0.335 e. The van der Waals surface area contributed by atoms with Crippen LogP contribution in [-0.4, -0.2) is 24.4 Å². The maximum absolute atomic E-state index is 12.1. The molecule has 2 aromatic carbocycles. The number of benzene rings is 2. The molecule has 0 aromatic heterocycles. The van der Waals surface area contributed by atoms with Crippen molar-refractivity contribution in [3.63, 3.8) is 0 Å². The fourth-order valence-electron chi connectivity index (χ4n) is 2.62. The predicted molar refractivity (Wildman–Crippen MR) is 85.8 cm³/mol. The molecule has 1 amide bonds. The zero-order valence-electron chi connectivity index (χ0n) is 12.6. The third kappa shape index (κ3) is 3.31. The van der Waals surface area contributed by atoms with E-state index in [0.717, 1.165) is 12.0 Å². The van der Waals surface area contributed by atoms with E-state index in [4.69, 9.17) is 5.73 Å². The smallest absolute Gasteiger partial charge is 0.236 e. The maximum atomic E-state index is 12.1. The van der Waals surface area contributed by atoms with Gasteiger partial charge in [-0.1, -0.05) is 60.7 Å². The Balaban J connectivity index is 2.41. The number of amides is 1. The zero-order chi connectivity index (χ0) is 15.3. The minimum atomic E-state index is -0.418. The van der Waals surface area contributed by atoms with Gasteiger partial charge < -0.3 is 10.6 Å². The maximum Gasteiger partial charge on any atom is 0.236 e. The molecule has 2 N–H and O–H groups in total. The largest absolute Gasteiger partial charge is 0.335 e. The van der Waals surface area contributed by atoms with E-state index in [1.807, 2.05) is 43.4 Å². The number of nitrogens with two attached hydrogens (primary N) is 1. The van der Waals surface area contributed by atoms with Crippen LogP contribution >= 0.6 is 0 Å². The molecule has 2 rings (SSSR count). The number of likely N-dealkylation sites (N-methyl/N-ethyl adjacent to an activating group) is 1. The van der Waals surface area contributed by atoms with Gasteiger partial charge in [-0.2, -0.15) is 0 Å². The van der Waals surface area contributed by atoms with E-state index < -0.39 is 5.54 Å². The summed E-state index contributed by atoms with van der Waals surface area (Å²) in [7, 11) is 1.82. The molecule has 3 heteroatoms. The van der Waals surface area contributed by atoms with E-state index in [9.17, 15) is 4.79 Å². The van der Waals surface area contributed by atoms with Crippen LogP contribution in [0.5, 0.6) is 0 Å². The van der Waals surface area contributed by atoms with Crippen molar-refractivity contribution in [3.8, 4) is 0 Å². The van der Waals surface area contributed by atoms with Crippen LogP contribution in [0.3, 0.4) is 0 Å². The van der Waals surface area contributed by atoms with Crippen molar-refractivity contribution in [2.24, 2.45) is 5.73 Å². The number of hydrogen-bond acceptors (Lipinski definition) is 2. The van der Waals surface area contributed by atoms with Crippen LogP contribution in [0.15, 0.2) is 60.7 Å². The molecule has 0 radical (unpaired) electrons. The van der Waals surface area contributed by atoms with Crippen LogP contribution in [0.2, 0.25) is 0 Å². The van der Waals surface area contributed by atoms with Gasteiger partial charge >= 0.3 is 0 Å². The molecule has 0 aliphatic heterocycles. The van der Waals surface area contributed by atoms with Crippen molar-refractivity contribution >= 4 is 5.91 Å². The van der Waals surface area contributed by atoms with E-state index in [2.05, 4.69) is 31.2 Å². The summed E-state index contributed by atoms with van der Waals surface area (Å²) in [6.45, 7) is 2.11.